The molecule has 0 saturated heterocycles. The zero-order valence-corrected chi connectivity index (χ0v) is 16.9. The van der Waals surface area contributed by atoms with E-state index in [9.17, 15) is 19.2 Å². The average Bonchev–Trinajstić information content (AvgIpc) is 2.99. The Hall–Kier alpha value is -3.48. The molecule has 30 heavy (non-hydrogen) atoms. The summed E-state index contributed by atoms with van der Waals surface area (Å²) in [5.74, 6) is -1.87. The maximum atomic E-state index is 12.7. The largest absolute Gasteiger partial charge is 0.452 e. The fourth-order valence-electron chi connectivity index (χ4n) is 4.11. The summed E-state index contributed by atoms with van der Waals surface area (Å²) in [5, 5.41) is 0. The molecule has 1 heterocycles. The van der Waals surface area contributed by atoms with Crippen LogP contribution in [0.3, 0.4) is 0 Å². The van der Waals surface area contributed by atoms with Gasteiger partial charge in [0.2, 0.25) is 0 Å². The predicted octanol–water partition coefficient (Wildman–Crippen LogP) is 2.61. The number of esters is 1. The Kier molecular flexibility index (Phi) is 5.11. The van der Waals surface area contributed by atoms with Crippen molar-refractivity contribution in [3.05, 3.63) is 70.3 Å². The number of fused-ring (bicyclic) bond motifs is 2. The smallest absolute Gasteiger partial charge is 0.338 e. The molecular weight excluding hydrogens is 384 g/mol. The van der Waals surface area contributed by atoms with Gasteiger partial charge in [0.15, 0.2) is 6.61 Å². The van der Waals surface area contributed by atoms with Crippen molar-refractivity contribution in [1.29, 1.82) is 0 Å². The highest BCUT2D eigenvalue weighted by molar-refractivity contribution is 6.21. The van der Waals surface area contributed by atoms with Gasteiger partial charge in [-0.05, 0) is 48.6 Å². The van der Waals surface area contributed by atoms with E-state index in [2.05, 4.69) is 6.07 Å². The minimum Gasteiger partial charge on any atom is -0.452 e. The van der Waals surface area contributed by atoms with E-state index in [0.717, 1.165) is 29.7 Å². The third-order valence-corrected chi connectivity index (χ3v) is 5.85. The summed E-state index contributed by atoms with van der Waals surface area (Å²) < 4.78 is 5.20. The third-order valence-electron chi connectivity index (χ3n) is 5.85. The Balaban J connectivity index is 1.42. The lowest BCUT2D eigenvalue weighted by Crippen LogP contribution is -2.36. The molecule has 2 aliphatic rings. The molecule has 1 aliphatic heterocycles. The van der Waals surface area contributed by atoms with Gasteiger partial charge in [-0.1, -0.05) is 24.3 Å². The van der Waals surface area contributed by atoms with Gasteiger partial charge in [-0.3, -0.25) is 19.3 Å². The van der Waals surface area contributed by atoms with Crippen molar-refractivity contribution >= 4 is 23.7 Å². The molecule has 0 spiro atoms. The number of carbonyl (C=O) groups is 4. The minimum absolute atomic E-state index is 0.0414. The van der Waals surface area contributed by atoms with Gasteiger partial charge in [0.25, 0.3) is 17.7 Å². The average molecular weight is 406 g/mol. The molecule has 7 nitrogen and oxygen atoms in total. The fraction of sp³-hybridized carbons (Fsp3) is 0.304. The molecule has 0 bridgehead atoms. The molecule has 1 unspecified atom stereocenters. The standard InChI is InChI=1S/C23H22N2O5/c1-24(19-9-5-7-14-6-3-4-8-16(14)19)20(26)13-30-23(29)15-10-11-17-18(12-15)22(28)25(2)21(17)27/h3-4,6,8,10-12,19H,5,7,9,13H2,1-2H3. The summed E-state index contributed by atoms with van der Waals surface area (Å²) in [5.41, 5.74) is 2.93. The monoisotopic (exact) mass is 406 g/mol. The highest BCUT2D eigenvalue weighted by Crippen LogP contribution is 2.33. The van der Waals surface area contributed by atoms with Gasteiger partial charge in [0.1, 0.15) is 0 Å². The number of hydrogen-bond donors (Lipinski definition) is 0. The van der Waals surface area contributed by atoms with Crippen molar-refractivity contribution in [2.24, 2.45) is 0 Å². The number of hydrogen-bond acceptors (Lipinski definition) is 5. The Labute approximate surface area is 174 Å². The van der Waals surface area contributed by atoms with Crippen LogP contribution in [0.1, 0.15) is 61.1 Å². The summed E-state index contributed by atoms with van der Waals surface area (Å²) in [6.45, 7) is -0.391. The van der Waals surface area contributed by atoms with Crippen LogP contribution < -0.4 is 0 Å². The van der Waals surface area contributed by atoms with Gasteiger partial charge in [0.05, 0.1) is 22.7 Å². The van der Waals surface area contributed by atoms with E-state index in [1.54, 1.807) is 11.9 Å². The van der Waals surface area contributed by atoms with Crippen molar-refractivity contribution in [1.82, 2.24) is 9.80 Å². The van der Waals surface area contributed by atoms with Gasteiger partial charge in [-0.2, -0.15) is 0 Å². The zero-order valence-electron chi connectivity index (χ0n) is 16.9. The third kappa shape index (κ3) is 3.36. The van der Waals surface area contributed by atoms with Crippen molar-refractivity contribution in [3.8, 4) is 0 Å². The lowest BCUT2D eigenvalue weighted by molar-refractivity contribution is -0.135. The first-order chi connectivity index (χ1) is 14.4. The van der Waals surface area contributed by atoms with Crippen LogP contribution in [0.5, 0.6) is 0 Å². The Morgan fingerprint density at radius 2 is 1.83 bits per heavy atom. The van der Waals surface area contributed by atoms with Crippen molar-refractivity contribution in [2.75, 3.05) is 20.7 Å². The molecule has 2 aromatic carbocycles. The lowest BCUT2D eigenvalue weighted by Gasteiger charge is -2.33. The van der Waals surface area contributed by atoms with Crippen LogP contribution in [-0.2, 0) is 16.0 Å². The minimum atomic E-state index is -0.710. The van der Waals surface area contributed by atoms with E-state index in [4.69, 9.17) is 4.74 Å². The molecule has 0 saturated carbocycles. The molecule has 154 valence electrons. The van der Waals surface area contributed by atoms with E-state index < -0.39 is 24.4 Å². The first kappa shape index (κ1) is 19.8. The number of carbonyl (C=O) groups excluding carboxylic acids is 4. The second-order valence-corrected chi connectivity index (χ2v) is 7.62. The summed E-state index contributed by atoms with van der Waals surface area (Å²) in [4.78, 5) is 51.8. The van der Waals surface area contributed by atoms with E-state index in [1.165, 1.54) is 30.8 Å². The predicted molar refractivity (Wildman–Crippen MR) is 108 cm³/mol. The molecule has 0 fully saturated rings. The molecule has 3 amide bonds. The maximum absolute atomic E-state index is 12.7. The summed E-state index contributed by atoms with van der Waals surface area (Å²) in [7, 11) is 3.11. The highest BCUT2D eigenvalue weighted by atomic mass is 16.5. The van der Waals surface area contributed by atoms with Crippen molar-refractivity contribution in [2.45, 2.75) is 25.3 Å². The van der Waals surface area contributed by atoms with Crippen LogP contribution in [0.15, 0.2) is 42.5 Å². The van der Waals surface area contributed by atoms with Gasteiger partial charge in [-0.15, -0.1) is 0 Å². The molecule has 7 heteroatoms. The van der Waals surface area contributed by atoms with Crippen molar-refractivity contribution in [3.63, 3.8) is 0 Å². The number of benzene rings is 2. The molecule has 2 aromatic rings. The van der Waals surface area contributed by atoms with Crippen molar-refractivity contribution < 1.29 is 23.9 Å². The Bertz CT molecular complexity index is 1060. The fourth-order valence-corrected chi connectivity index (χ4v) is 4.11. The summed E-state index contributed by atoms with van der Waals surface area (Å²) >= 11 is 0. The van der Waals surface area contributed by atoms with Gasteiger partial charge >= 0.3 is 5.97 Å². The Morgan fingerprint density at radius 1 is 1.10 bits per heavy atom. The molecule has 4 rings (SSSR count). The maximum Gasteiger partial charge on any atom is 0.338 e. The molecule has 0 aromatic heterocycles. The number of ether oxygens (including phenoxy) is 1. The van der Waals surface area contributed by atoms with Crippen LogP contribution in [0.25, 0.3) is 0 Å². The normalized spacial score (nSPS) is 17.4. The number of imide groups is 1. The van der Waals surface area contributed by atoms with Gasteiger partial charge in [0, 0.05) is 14.1 Å². The number of amides is 3. The number of likely N-dealkylation sites (N-methyl/N-ethyl adjacent to an activating group) is 1. The molecular formula is C23H22N2O5. The van der Waals surface area contributed by atoms with Crippen LogP contribution in [0.4, 0.5) is 0 Å². The first-order valence-electron chi connectivity index (χ1n) is 9.85. The summed E-state index contributed by atoms with van der Waals surface area (Å²) in [6, 6.07) is 12.2. The van der Waals surface area contributed by atoms with Crippen LogP contribution in [-0.4, -0.2) is 54.2 Å². The zero-order chi connectivity index (χ0) is 21.4. The molecule has 1 aliphatic carbocycles. The lowest BCUT2D eigenvalue weighted by atomic mass is 9.87. The number of nitrogens with zero attached hydrogens (tertiary/aromatic N) is 2. The van der Waals surface area contributed by atoms with Gasteiger partial charge < -0.3 is 9.64 Å². The van der Waals surface area contributed by atoms with E-state index >= 15 is 0 Å². The SMILES string of the molecule is CN1C(=O)c2ccc(C(=O)OCC(=O)N(C)C3CCCc4ccccc43)cc2C1=O. The first-order valence-corrected chi connectivity index (χ1v) is 9.85. The van der Waals surface area contributed by atoms with Gasteiger partial charge in [-0.25, -0.2) is 4.79 Å². The number of aryl methyl sites for hydroxylation is 1. The number of rotatable bonds is 4. The van der Waals surface area contributed by atoms with E-state index in [1.807, 2.05) is 18.2 Å². The Morgan fingerprint density at radius 3 is 2.63 bits per heavy atom. The second kappa shape index (κ2) is 7.74. The highest BCUT2D eigenvalue weighted by Gasteiger charge is 2.33. The van der Waals surface area contributed by atoms with Crippen LogP contribution >= 0.6 is 0 Å². The summed E-state index contributed by atoms with van der Waals surface area (Å²) in [6.07, 6.45) is 2.86. The van der Waals surface area contributed by atoms with Crippen LogP contribution in [0, 0.1) is 0 Å². The van der Waals surface area contributed by atoms with Crippen LogP contribution in [0.2, 0.25) is 0 Å². The molecule has 0 radical (unpaired) electrons. The van der Waals surface area contributed by atoms with E-state index in [0.29, 0.717) is 0 Å². The molecule has 0 N–H and O–H groups in total. The molecule has 1 atom stereocenters. The quantitative estimate of drug-likeness (QED) is 0.576. The van der Waals surface area contributed by atoms with E-state index in [-0.39, 0.29) is 28.6 Å². The topological polar surface area (TPSA) is 84.0 Å². The second-order valence-electron chi connectivity index (χ2n) is 7.62.